The summed E-state index contributed by atoms with van der Waals surface area (Å²) in [7, 11) is 3.81. The van der Waals surface area contributed by atoms with Gasteiger partial charge in [-0.3, -0.25) is 9.36 Å². The van der Waals surface area contributed by atoms with Crippen molar-refractivity contribution >= 4 is 34.6 Å². The minimum Gasteiger partial charge on any atom is -0.381 e. The van der Waals surface area contributed by atoms with Crippen molar-refractivity contribution in [3.63, 3.8) is 0 Å². The SMILES string of the molecule is CC(c1ccc(F)cc1)c1cnc(N2CCN(c3ncnn4cc(-c5cnn(C)c5)cc34)CC2C)nc1.CC1CN(c2ncnn3cc(-c4cnn(C)c4)cc23)CCN1c1ncc(C(C)(O)c2ccc(F)cc2)cn1. The summed E-state index contributed by atoms with van der Waals surface area (Å²) in [6.07, 6.45) is 21.9. The zero-order valence-corrected chi connectivity index (χ0v) is 42.4. The van der Waals surface area contributed by atoms with Gasteiger partial charge in [0.15, 0.2) is 11.6 Å². The Bertz CT molecular complexity index is 3570. The minimum absolute atomic E-state index is 0.0858. The number of anilines is 4. The molecule has 10 aromatic rings. The molecule has 382 valence electrons. The van der Waals surface area contributed by atoms with Gasteiger partial charge in [0.05, 0.1) is 12.4 Å². The Balaban J connectivity index is 0.000000161. The number of aliphatic hydroxyl groups is 1. The summed E-state index contributed by atoms with van der Waals surface area (Å²) < 4.78 is 33.9. The van der Waals surface area contributed by atoms with Crippen molar-refractivity contribution in [3.05, 3.63) is 169 Å². The Morgan fingerprint density at radius 2 is 0.987 bits per heavy atom. The summed E-state index contributed by atoms with van der Waals surface area (Å²) in [5.41, 5.74) is 7.91. The van der Waals surface area contributed by atoms with Crippen LogP contribution in [0.1, 0.15) is 55.9 Å². The van der Waals surface area contributed by atoms with Crippen LogP contribution in [0.25, 0.3) is 33.3 Å². The average Bonchev–Trinajstić information content (AvgIpc) is 4.27. The molecule has 0 amide bonds. The van der Waals surface area contributed by atoms with E-state index in [1.54, 1.807) is 53.5 Å². The second-order valence-corrected chi connectivity index (χ2v) is 19.5. The molecule has 4 atom stereocenters. The molecule has 21 heteroatoms. The van der Waals surface area contributed by atoms with Gasteiger partial charge in [0.1, 0.15) is 40.9 Å². The third-order valence-electron chi connectivity index (χ3n) is 14.4. The Labute approximate surface area is 431 Å². The molecule has 10 heterocycles. The standard InChI is InChI=1S/C27H28FN9O.C27H28FN9/c1-18-14-35(25-24-10-19(16-37(24)33-17-31-25)20-11-32-34(3)15-20)8-9-36(18)26-29-12-22(13-30-26)27(2,38)21-4-6-23(28)7-5-21;1-18-14-35(26-25-10-21(16-37(25)33-17-31-26)23-13-32-34(3)15-23)8-9-36(18)27-29-11-22(12-30-27)19(2)20-4-6-24(28)7-5-20/h4-7,10-13,15-18,38H,8-9,14H2,1-3H3;4-7,10-13,15-19H,8-9,14H2,1-3H3. The third-order valence-corrected chi connectivity index (χ3v) is 14.4. The Hall–Kier alpha value is -8.72. The van der Waals surface area contributed by atoms with Crippen molar-refractivity contribution < 1.29 is 13.9 Å². The van der Waals surface area contributed by atoms with Crippen LogP contribution in [0.15, 0.2) is 135 Å². The smallest absolute Gasteiger partial charge is 0.225 e. The van der Waals surface area contributed by atoms with Gasteiger partial charge in [0, 0.05) is 149 Å². The van der Waals surface area contributed by atoms with Crippen LogP contribution in [0.3, 0.4) is 0 Å². The molecule has 0 radical (unpaired) electrons. The topological polar surface area (TPSA) is 181 Å². The zero-order valence-electron chi connectivity index (χ0n) is 42.4. The highest BCUT2D eigenvalue weighted by Gasteiger charge is 2.31. The lowest BCUT2D eigenvalue weighted by molar-refractivity contribution is 0.101. The molecule has 0 aliphatic carbocycles. The lowest BCUT2D eigenvalue weighted by Gasteiger charge is -2.40. The first-order chi connectivity index (χ1) is 36.2. The largest absolute Gasteiger partial charge is 0.381 e. The number of aromatic nitrogens is 14. The zero-order chi connectivity index (χ0) is 52.0. The molecule has 2 aliphatic rings. The number of aryl methyl sites for hydroxylation is 2. The van der Waals surface area contributed by atoms with Crippen molar-refractivity contribution in [3.8, 4) is 22.3 Å². The monoisotopic (exact) mass is 1010 g/mol. The van der Waals surface area contributed by atoms with Gasteiger partial charge in [0.25, 0.3) is 0 Å². The minimum atomic E-state index is -1.33. The number of rotatable bonds is 10. The highest BCUT2D eigenvalue weighted by Crippen LogP contribution is 2.33. The summed E-state index contributed by atoms with van der Waals surface area (Å²) in [6, 6.07) is 16.9. The highest BCUT2D eigenvalue weighted by molar-refractivity contribution is 5.78. The molecule has 4 unspecified atom stereocenters. The number of nitrogens with zero attached hydrogens (tertiary/aromatic N) is 18. The van der Waals surface area contributed by atoms with Crippen molar-refractivity contribution in [2.75, 3.05) is 58.9 Å². The number of halogens is 2. The Morgan fingerprint density at radius 3 is 1.43 bits per heavy atom. The summed E-state index contributed by atoms with van der Waals surface area (Å²) in [5, 5.41) is 28.5. The van der Waals surface area contributed by atoms with E-state index in [2.05, 4.69) is 103 Å². The van der Waals surface area contributed by atoms with Gasteiger partial charge >= 0.3 is 0 Å². The highest BCUT2D eigenvalue weighted by atomic mass is 19.1. The maximum Gasteiger partial charge on any atom is 0.225 e. The van der Waals surface area contributed by atoms with Crippen LogP contribution in [-0.4, -0.2) is 125 Å². The van der Waals surface area contributed by atoms with Crippen molar-refractivity contribution in [2.24, 2.45) is 14.1 Å². The van der Waals surface area contributed by atoms with Crippen LogP contribution in [0, 0.1) is 11.6 Å². The van der Waals surface area contributed by atoms with E-state index in [1.807, 2.05) is 84.8 Å². The van der Waals surface area contributed by atoms with Crippen LogP contribution in [0.5, 0.6) is 0 Å². The third kappa shape index (κ3) is 9.80. The van der Waals surface area contributed by atoms with E-state index >= 15 is 0 Å². The van der Waals surface area contributed by atoms with E-state index in [4.69, 9.17) is 0 Å². The molecule has 2 saturated heterocycles. The van der Waals surface area contributed by atoms with E-state index in [9.17, 15) is 13.9 Å². The van der Waals surface area contributed by atoms with E-state index in [-0.39, 0.29) is 29.6 Å². The number of hydrogen-bond donors (Lipinski definition) is 1. The summed E-state index contributed by atoms with van der Waals surface area (Å²) in [5.74, 6) is 2.63. The second kappa shape index (κ2) is 19.9. The van der Waals surface area contributed by atoms with Gasteiger partial charge in [-0.15, -0.1) is 0 Å². The quantitative estimate of drug-likeness (QED) is 0.149. The summed E-state index contributed by atoms with van der Waals surface area (Å²) >= 11 is 0. The van der Waals surface area contributed by atoms with Gasteiger partial charge in [-0.2, -0.15) is 20.4 Å². The first-order valence-corrected chi connectivity index (χ1v) is 24.8. The predicted molar refractivity (Wildman–Crippen MR) is 281 cm³/mol. The predicted octanol–water partition coefficient (Wildman–Crippen LogP) is 6.96. The molecule has 2 fully saturated rings. The van der Waals surface area contributed by atoms with E-state index in [1.165, 1.54) is 24.3 Å². The van der Waals surface area contributed by atoms with Gasteiger partial charge in [-0.1, -0.05) is 31.2 Å². The number of benzene rings is 2. The maximum absolute atomic E-state index is 13.3. The van der Waals surface area contributed by atoms with Crippen LogP contribution >= 0.6 is 0 Å². The van der Waals surface area contributed by atoms with E-state index < -0.39 is 5.60 Å². The fourth-order valence-corrected chi connectivity index (χ4v) is 9.98. The lowest BCUT2D eigenvalue weighted by atomic mass is 9.90. The first kappa shape index (κ1) is 48.5. The molecular formula is C54H56F2N18O. The second-order valence-electron chi connectivity index (χ2n) is 19.5. The molecular weight excluding hydrogens is 955 g/mol. The van der Waals surface area contributed by atoms with E-state index in [0.717, 1.165) is 94.7 Å². The number of hydrogen-bond acceptors (Lipinski definition) is 15. The van der Waals surface area contributed by atoms with Crippen molar-refractivity contribution in [2.45, 2.75) is 51.3 Å². The van der Waals surface area contributed by atoms with Crippen molar-refractivity contribution in [1.29, 1.82) is 0 Å². The van der Waals surface area contributed by atoms with Crippen LogP contribution in [0.4, 0.5) is 32.3 Å². The molecule has 0 spiro atoms. The van der Waals surface area contributed by atoms with Gasteiger partial charge < -0.3 is 24.7 Å². The maximum atomic E-state index is 13.3. The fraction of sp³-hybridized carbons (Fsp3) is 0.296. The van der Waals surface area contributed by atoms with Crippen LogP contribution in [-0.2, 0) is 19.7 Å². The van der Waals surface area contributed by atoms with E-state index in [0.29, 0.717) is 23.6 Å². The molecule has 0 saturated carbocycles. The molecule has 1 N–H and O–H groups in total. The van der Waals surface area contributed by atoms with Crippen molar-refractivity contribution in [1.82, 2.24) is 68.7 Å². The summed E-state index contributed by atoms with van der Waals surface area (Å²) in [6.45, 7) is 12.6. The Kier molecular flexibility index (Phi) is 12.9. The lowest BCUT2D eigenvalue weighted by Crippen LogP contribution is -2.53. The average molecular weight is 1010 g/mol. The molecule has 2 aliphatic heterocycles. The van der Waals surface area contributed by atoms with Crippen LogP contribution in [0.2, 0.25) is 0 Å². The van der Waals surface area contributed by atoms with Gasteiger partial charge in [-0.25, -0.2) is 47.7 Å². The summed E-state index contributed by atoms with van der Waals surface area (Å²) in [4.78, 5) is 36.7. The van der Waals surface area contributed by atoms with Crippen LogP contribution < -0.4 is 19.6 Å². The number of piperazine rings is 2. The molecule has 2 aromatic carbocycles. The molecule has 75 heavy (non-hydrogen) atoms. The fourth-order valence-electron chi connectivity index (χ4n) is 9.98. The van der Waals surface area contributed by atoms with Gasteiger partial charge in [0.2, 0.25) is 11.9 Å². The Morgan fingerprint density at radius 1 is 0.533 bits per heavy atom. The first-order valence-electron chi connectivity index (χ1n) is 24.8. The molecule has 0 bridgehead atoms. The van der Waals surface area contributed by atoms with Gasteiger partial charge in [-0.05, 0) is 73.9 Å². The molecule has 19 nitrogen and oxygen atoms in total. The normalized spacial score (nSPS) is 17.3. The molecule has 12 rings (SSSR count). The number of fused-ring (bicyclic) bond motifs is 2. The molecule has 8 aromatic heterocycles.